The van der Waals surface area contributed by atoms with Crippen molar-refractivity contribution in [3.05, 3.63) is 29.6 Å². The van der Waals surface area contributed by atoms with Crippen LogP contribution in [0.4, 0.5) is 4.79 Å². The summed E-state index contributed by atoms with van der Waals surface area (Å²) in [4.78, 5) is 33.2. The maximum absolute atomic E-state index is 12.7. The molecule has 7 nitrogen and oxygen atoms in total. The van der Waals surface area contributed by atoms with Gasteiger partial charge in [-0.3, -0.25) is 4.79 Å². The van der Waals surface area contributed by atoms with Crippen LogP contribution in [0.3, 0.4) is 0 Å². The van der Waals surface area contributed by atoms with Crippen LogP contribution >= 0.6 is 0 Å². The second-order valence-corrected chi connectivity index (χ2v) is 8.12. The summed E-state index contributed by atoms with van der Waals surface area (Å²) in [6.07, 6.45) is 1.56. The number of likely N-dealkylation sites (tertiary alicyclic amines) is 1. The predicted molar refractivity (Wildman–Crippen MR) is 101 cm³/mol. The van der Waals surface area contributed by atoms with Gasteiger partial charge in [0, 0.05) is 37.8 Å². The molecule has 0 spiro atoms. The highest BCUT2D eigenvalue weighted by molar-refractivity contribution is 5.92. The molecule has 2 aliphatic heterocycles. The first-order valence-corrected chi connectivity index (χ1v) is 9.65. The van der Waals surface area contributed by atoms with Crippen LogP contribution in [0.2, 0.25) is 0 Å². The van der Waals surface area contributed by atoms with Crippen LogP contribution in [0, 0.1) is 0 Å². The quantitative estimate of drug-likeness (QED) is 0.795. The SMILES string of the molecule is CC(C)(C)OC(=O)N1CCCC(c2cccc(C(=O)N3CCOCC3)n2)C1. The van der Waals surface area contributed by atoms with E-state index in [0.717, 1.165) is 18.5 Å². The van der Waals surface area contributed by atoms with Gasteiger partial charge in [-0.25, -0.2) is 9.78 Å². The van der Waals surface area contributed by atoms with Gasteiger partial charge in [0.2, 0.25) is 0 Å². The monoisotopic (exact) mass is 375 g/mol. The molecule has 1 unspecified atom stereocenters. The number of carbonyl (C=O) groups excluding carboxylic acids is 2. The van der Waals surface area contributed by atoms with Gasteiger partial charge >= 0.3 is 6.09 Å². The Morgan fingerprint density at radius 3 is 2.59 bits per heavy atom. The normalized spacial score (nSPS) is 21.1. The van der Waals surface area contributed by atoms with Gasteiger partial charge in [0.15, 0.2) is 0 Å². The Hall–Kier alpha value is -2.15. The standard InChI is InChI=1S/C20H29N3O4/c1-20(2,3)27-19(25)23-9-5-6-15(14-23)16-7-4-8-17(21-16)18(24)22-10-12-26-13-11-22/h4,7-8,15H,5-6,9-14H2,1-3H3. The van der Waals surface area contributed by atoms with Gasteiger partial charge in [0.1, 0.15) is 11.3 Å². The van der Waals surface area contributed by atoms with E-state index in [-0.39, 0.29) is 17.9 Å². The molecule has 2 fully saturated rings. The average Bonchev–Trinajstić information content (AvgIpc) is 2.67. The van der Waals surface area contributed by atoms with E-state index in [0.29, 0.717) is 45.1 Å². The molecule has 3 heterocycles. The second kappa shape index (κ2) is 8.25. The first-order valence-electron chi connectivity index (χ1n) is 9.65. The number of nitrogens with zero attached hydrogens (tertiary/aromatic N) is 3. The van der Waals surface area contributed by atoms with E-state index in [9.17, 15) is 9.59 Å². The van der Waals surface area contributed by atoms with Crippen molar-refractivity contribution < 1.29 is 19.1 Å². The van der Waals surface area contributed by atoms with Crippen LogP contribution < -0.4 is 0 Å². The lowest BCUT2D eigenvalue weighted by Crippen LogP contribution is -2.42. The molecular weight excluding hydrogens is 346 g/mol. The van der Waals surface area contributed by atoms with Crippen LogP contribution in [-0.4, -0.2) is 71.8 Å². The van der Waals surface area contributed by atoms with Crippen molar-refractivity contribution in [1.29, 1.82) is 0 Å². The fourth-order valence-electron chi connectivity index (χ4n) is 3.44. The van der Waals surface area contributed by atoms with Gasteiger partial charge in [-0.2, -0.15) is 0 Å². The van der Waals surface area contributed by atoms with Crippen molar-refractivity contribution in [2.45, 2.75) is 45.1 Å². The first kappa shape index (κ1) is 19.6. The number of rotatable bonds is 2. The first-order chi connectivity index (χ1) is 12.8. The third-order valence-corrected chi connectivity index (χ3v) is 4.78. The summed E-state index contributed by atoms with van der Waals surface area (Å²) in [6.45, 7) is 9.20. The average molecular weight is 375 g/mol. The van der Waals surface area contributed by atoms with E-state index in [1.54, 1.807) is 15.9 Å². The Bertz CT molecular complexity index is 680. The summed E-state index contributed by atoms with van der Waals surface area (Å²) in [5, 5.41) is 0. The van der Waals surface area contributed by atoms with Crippen LogP contribution in [0.25, 0.3) is 0 Å². The largest absolute Gasteiger partial charge is 0.444 e. The zero-order valence-corrected chi connectivity index (χ0v) is 16.4. The Balaban J connectivity index is 1.68. The van der Waals surface area contributed by atoms with Crippen LogP contribution in [0.5, 0.6) is 0 Å². The van der Waals surface area contributed by atoms with E-state index < -0.39 is 5.60 Å². The van der Waals surface area contributed by atoms with Crippen molar-refractivity contribution in [3.63, 3.8) is 0 Å². The minimum Gasteiger partial charge on any atom is -0.444 e. The van der Waals surface area contributed by atoms with Crippen LogP contribution in [0.15, 0.2) is 18.2 Å². The molecule has 1 atom stereocenters. The molecule has 148 valence electrons. The summed E-state index contributed by atoms with van der Waals surface area (Å²) in [7, 11) is 0. The maximum atomic E-state index is 12.7. The zero-order valence-electron chi connectivity index (χ0n) is 16.4. The molecule has 2 amide bonds. The number of morpholine rings is 1. The predicted octanol–water partition coefficient (Wildman–Crippen LogP) is 2.67. The molecule has 2 saturated heterocycles. The lowest BCUT2D eigenvalue weighted by molar-refractivity contribution is 0.0196. The molecule has 0 radical (unpaired) electrons. The third-order valence-electron chi connectivity index (χ3n) is 4.78. The van der Waals surface area contributed by atoms with Gasteiger partial charge in [0.05, 0.1) is 13.2 Å². The van der Waals surface area contributed by atoms with Crippen LogP contribution in [-0.2, 0) is 9.47 Å². The molecule has 3 rings (SSSR count). The van der Waals surface area contributed by atoms with Gasteiger partial charge in [0.25, 0.3) is 5.91 Å². The van der Waals surface area contributed by atoms with Gasteiger partial charge in [-0.05, 0) is 45.7 Å². The number of amides is 2. The maximum Gasteiger partial charge on any atom is 0.410 e. The fourth-order valence-corrected chi connectivity index (χ4v) is 3.44. The number of hydrogen-bond acceptors (Lipinski definition) is 5. The molecule has 7 heteroatoms. The summed E-state index contributed by atoms with van der Waals surface area (Å²) in [6, 6.07) is 5.58. The molecule has 27 heavy (non-hydrogen) atoms. The molecule has 0 aromatic carbocycles. The van der Waals surface area contributed by atoms with Gasteiger partial charge < -0.3 is 19.3 Å². The number of carbonyl (C=O) groups is 2. The van der Waals surface area contributed by atoms with Crippen molar-refractivity contribution in [2.75, 3.05) is 39.4 Å². The Kier molecular flexibility index (Phi) is 5.99. The molecule has 0 saturated carbocycles. The van der Waals surface area contributed by atoms with E-state index in [2.05, 4.69) is 4.98 Å². The molecule has 1 aromatic rings. The van der Waals surface area contributed by atoms with Crippen molar-refractivity contribution in [1.82, 2.24) is 14.8 Å². The number of aromatic nitrogens is 1. The van der Waals surface area contributed by atoms with Crippen LogP contribution in [0.1, 0.15) is 55.7 Å². The summed E-state index contributed by atoms with van der Waals surface area (Å²) in [5.41, 5.74) is 0.818. The number of hydrogen-bond donors (Lipinski definition) is 0. The smallest absolute Gasteiger partial charge is 0.410 e. The molecule has 0 bridgehead atoms. The zero-order chi connectivity index (χ0) is 19.4. The van der Waals surface area contributed by atoms with Gasteiger partial charge in [-0.15, -0.1) is 0 Å². The minimum atomic E-state index is -0.507. The van der Waals surface area contributed by atoms with Gasteiger partial charge in [-0.1, -0.05) is 6.07 Å². The minimum absolute atomic E-state index is 0.0556. The topological polar surface area (TPSA) is 72.0 Å². The van der Waals surface area contributed by atoms with Crippen molar-refractivity contribution in [3.8, 4) is 0 Å². The lowest BCUT2D eigenvalue weighted by Gasteiger charge is -2.34. The molecule has 2 aliphatic rings. The highest BCUT2D eigenvalue weighted by Gasteiger charge is 2.29. The summed E-state index contributed by atoms with van der Waals surface area (Å²) < 4.78 is 10.8. The van der Waals surface area contributed by atoms with E-state index in [4.69, 9.17) is 9.47 Å². The highest BCUT2D eigenvalue weighted by Crippen LogP contribution is 2.27. The second-order valence-electron chi connectivity index (χ2n) is 8.12. The Morgan fingerprint density at radius 2 is 1.89 bits per heavy atom. The van der Waals surface area contributed by atoms with Crippen molar-refractivity contribution >= 4 is 12.0 Å². The highest BCUT2D eigenvalue weighted by atomic mass is 16.6. The molecule has 0 N–H and O–H groups in total. The van der Waals surface area contributed by atoms with Crippen molar-refractivity contribution in [2.24, 2.45) is 0 Å². The molecule has 1 aromatic heterocycles. The number of pyridine rings is 1. The summed E-state index contributed by atoms with van der Waals surface area (Å²) in [5.74, 6) is 0.0589. The third kappa shape index (κ3) is 5.19. The summed E-state index contributed by atoms with van der Waals surface area (Å²) >= 11 is 0. The number of piperidine rings is 1. The van der Waals surface area contributed by atoms with E-state index in [1.165, 1.54) is 0 Å². The fraction of sp³-hybridized carbons (Fsp3) is 0.650. The Morgan fingerprint density at radius 1 is 1.15 bits per heavy atom. The number of ether oxygens (including phenoxy) is 2. The molecule has 0 aliphatic carbocycles. The molecular formula is C20H29N3O4. The Labute approximate surface area is 160 Å². The van der Waals surface area contributed by atoms with E-state index in [1.807, 2.05) is 32.9 Å². The lowest BCUT2D eigenvalue weighted by atomic mass is 9.94. The van der Waals surface area contributed by atoms with E-state index >= 15 is 0 Å².